The summed E-state index contributed by atoms with van der Waals surface area (Å²) in [6.45, 7) is 3.31. The third-order valence-corrected chi connectivity index (χ3v) is 3.92. The summed E-state index contributed by atoms with van der Waals surface area (Å²) in [6, 6.07) is 10.4. The van der Waals surface area contributed by atoms with Crippen LogP contribution in [-0.4, -0.2) is 36.5 Å². The van der Waals surface area contributed by atoms with Crippen molar-refractivity contribution >= 4 is 17.0 Å². The van der Waals surface area contributed by atoms with E-state index >= 15 is 0 Å². The number of primary amides is 1. The van der Waals surface area contributed by atoms with Gasteiger partial charge in [-0.2, -0.15) is 0 Å². The topological polar surface area (TPSA) is 46.3 Å². The van der Waals surface area contributed by atoms with E-state index in [0.717, 1.165) is 18.7 Å². The molecule has 0 aromatic heterocycles. The van der Waals surface area contributed by atoms with Crippen molar-refractivity contribution in [1.29, 1.82) is 0 Å². The molecule has 0 saturated heterocycles. The summed E-state index contributed by atoms with van der Waals surface area (Å²) in [4.78, 5) is 13.2. The number of carbonyl (C=O) groups excluding carboxylic acids is 1. The van der Waals surface area contributed by atoms with Crippen LogP contribution in [0.4, 0.5) is 4.79 Å². The number of nitrogens with two attached hydrogens (primary N) is 1. The molecule has 1 aromatic carbocycles. The van der Waals surface area contributed by atoms with Gasteiger partial charge >= 0.3 is 0 Å². The van der Waals surface area contributed by atoms with Crippen molar-refractivity contribution in [3.05, 3.63) is 35.9 Å². The normalized spacial score (nSPS) is 14.3. The molecule has 1 rings (SSSR count). The first-order valence-corrected chi connectivity index (χ1v) is 7.59. The number of thioether (sulfide) groups is 1. The summed E-state index contributed by atoms with van der Waals surface area (Å²) in [6.07, 6.45) is 1.07. The van der Waals surface area contributed by atoms with E-state index in [2.05, 4.69) is 38.1 Å². The maximum absolute atomic E-state index is 11.0. The van der Waals surface area contributed by atoms with Crippen LogP contribution in [0.3, 0.4) is 0 Å². The number of carbonyl (C=O) groups is 1. The van der Waals surface area contributed by atoms with Crippen molar-refractivity contribution in [3.63, 3.8) is 0 Å². The molecule has 0 radical (unpaired) electrons. The lowest BCUT2D eigenvalue weighted by molar-refractivity contribution is 0.267. The molecule has 0 aliphatic carbocycles. The quantitative estimate of drug-likeness (QED) is 0.834. The lowest BCUT2D eigenvalue weighted by atomic mass is 9.91. The summed E-state index contributed by atoms with van der Waals surface area (Å²) >= 11 is 1.22. The van der Waals surface area contributed by atoms with E-state index in [0.29, 0.717) is 11.8 Å². The van der Waals surface area contributed by atoms with Crippen molar-refractivity contribution in [2.75, 3.05) is 26.4 Å². The van der Waals surface area contributed by atoms with E-state index in [-0.39, 0.29) is 5.24 Å². The Morgan fingerprint density at radius 2 is 1.95 bits per heavy atom. The van der Waals surface area contributed by atoms with Crippen LogP contribution in [0.25, 0.3) is 0 Å². The van der Waals surface area contributed by atoms with Gasteiger partial charge in [0.2, 0.25) is 0 Å². The Labute approximate surface area is 120 Å². The van der Waals surface area contributed by atoms with Gasteiger partial charge in [0, 0.05) is 12.3 Å². The van der Waals surface area contributed by atoms with Crippen LogP contribution < -0.4 is 5.73 Å². The maximum Gasteiger partial charge on any atom is 0.276 e. The van der Waals surface area contributed by atoms with Gasteiger partial charge in [-0.25, -0.2) is 0 Å². The lowest BCUT2D eigenvalue weighted by Crippen LogP contribution is -2.22. The van der Waals surface area contributed by atoms with E-state index in [9.17, 15) is 4.79 Å². The molecule has 0 bridgehead atoms. The predicted octanol–water partition coefficient (Wildman–Crippen LogP) is 3.17. The fourth-order valence-corrected chi connectivity index (χ4v) is 3.09. The monoisotopic (exact) mass is 280 g/mol. The molecule has 4 heteroatoms. The Morgan fingerprint density at radius 1 is 1.32 bits per heavy atom. The van der Waals surface area contributed by atoms with Crippen LogP contribution >= 0.6 is 11.8 Å². The smallest absolute Gasteiger partial charge is 0.276 e. The molecule has 2 unspecified atom stereocenters. The minimum Gasteiger partial charge on any atom is -0.361 e. The van der Waals surface area contributed by atoms with Crippen molar-refractivity contribution in [2.24, 2.45) is 11.7 Å². The van der Waals surface area contributed by atoms with Crippen LogP contribution in [0, 0.1) is 5.92 Å². The summed E-state index contributed by atoms with van der Waals surface area (Å²) < 4.78 is 0. The van der Waals surface area contributed by atoms with Gasteiger partial charge in [-0.3, -0.25) is 4.79 Å². The van der Waals surface area contributed by atoms with E-state index in [1.807, 2.05) is 18.2 Å². The number of amides is 1. The maximum atomic E-state index is 11.0. The Balaban J connectivity index is 2.67. The molecule has 0 heterocycles. The highest BCUT2D eigenvalue weighted by Gasteiger charge is 2.17. The minimum atomic E-state index is -0.291. The highest BCUT2D eigenvalue weighted by molar-refractivity contribution is 8.13. The summed E-state index contributed by atoms with van der Waals surface area (Å²) in [5.41, 5.74) is 6.54. The largest absolute Gasteiger partial charge is 0.361 e. The Bertz CT molecular complexity index is 381. The fourth-order valence-electron chi connectivity index (χ4n) is 2.39. The zero-order chi connectivity index (χ0) is 14.3. The molecule has 3 nitrogen and oxygen atoms in total. The molecule has 0 aliphatic rings. The van der Waals surface area contributed by atoms with Crippen LogP contribution in [0.1, 0.15) is 24.8 Å². The molecule has 0 aliphatic heterocycles. The predicted molar refractivity (Wildman–Crippen MR) is 83.6 cm³/mol. The van der Waals surface area contributed by atoms with Crippen LogP contribution in [-0.2, 0) is 0 Å². The lowest BCUT2D eigenvalue weighted by Gasteiger charge is -2.23. The van der Waals surface area contributed by atoms with Gasteiger partial charge < -0.3 is 10.6 Å². The van der Waals surface area contributed by atoms with Crippen LogP contribution in [0.2, 0.25) is 0 Å². The number of hydrogen-bond donors (Lipinski definition) is 1. The van der Waals surface area contributed by atoms with E-state index in [1.54, 1.807) is 0 Å². The zero-order valence-electron chi connectivity index (χ0n) is 12.0. The van der Waals surface area contributed by atoms with Gasteiger partial charge in [-0.1, -0.05) is 49.0 Å². The number of benzene rings is 1. The second-order valence-corrected chi connectivity index (χ2v) is 6.37. The molecule has 2 atom stereocenters. The highest BCUT2D eigenvalue weighted by Crippen LogP contribution is 2.27. The van der Waals surface area contributed by atoms with Gasteiger partial charge in [0.05, 0.1) is 0 Å². The number of rotatable bonds is 7. The first-order chi connectivity index (χ1) is 8.99. The van der Waals surface area contributed by atoms with Crippen molar-refractivity contribution in [2.45, 2.75) is 19.3 Å². The van der Waals surface area contributed by atoms with E-state index in [4.69, 9.17) is 5.73 Å². The molecule has 19 heavy (non-hydrogen) atoms. The average molecular weight is 280 g/mol. The third kappa shape index (κ3) is 6.64. The minimum absolute atomic E-state index is 0.291. The second-order valence-electron chi connectivity index (χ2n) is 5.34. The van der Waals surface area contributed by atoms with Crippen molar-refractivity contribution < 1.29 is 4.79 Å². The first kappa shape index (κ1) is 16.1. The summed E-state index contributed by atoms with van der Waals surface area (Å²) in [7, 11) is 4.18. The molecule has 0 spiro atoms. The molecule has 0 fully saturated rings. The Hall–Kier alpha value is -1.00. The molecular formula is C15H24N2OS. The summed E-state index contributed by atoms with van der Waals surface area (Å²) in [5, 5.41) is -0.291. The van der Waals surface area contributed by atoms with Crippen molar-refractivity contribution in [3.8, 4) is 0 Å². The molecule has 2 N–H and O–H groups in total. The van der Waals surface area contributed by atoms with Gasteiger partial charge in [0.1, 0.15) is 0 Å². The van der Waals surface area contributed by atoms with Crippen molar-refractivity contribution in [1.82, 2.24) is 4.90 Å². The zero-order valence-corrected chi connectivity index (χ0v) is 12.8. The Kier molecular flexibility index (Phi) is 6.95. The first-order valence-electron chi connectivity index (χ1n) is 6.61. The van der Waals surface area contributed by atoms with E-state index in [1.165, 1.54) is 17.3 Å². The third-order valence-electron chi connectivity index (χ3n) is 3.06. The van der Waals surface area contributed by atoms with Gasteiger partial charge in [0.25, 0.3) is 5.24 Å². The molecule has 0 saturated carbocycles. The fraction of sp³-hybridized carbons (Fsp3) is 0.533. The highest BCUT2D eigenvalue weighted by atomic mass is 32.2. The van der Waals surface area contributed by atoms with Gasteiger partial charge in [-0.15, -0.1) is 0 Å². The molecule has 1 amide bonds. The molecular weight excluding hydrogens is 256 g/mol. The van der Waals surface area contributed by atoms with Crippen LogP contribution in [0.5, 0.6) is 0 Å². The number of hydrogen-bond acceptors (Lipinski definition) is 3. The van der Waals surface area contributed by atoms with Gasteiger partial charge in [-0.05, 0) is 37.9 Å². The summed E-state index contributed by atoms with van der Waals surface area (Å²) in [5.74, 6) is 1.74. The molecule has 1 aromatic rings. The number of nitrogens with zero attached hydrogens (tertiary/aromatic N) is 1. The average Bonchev–Trinajstić information content (AvgIpc) is 2.34. The van der Waals surface area contributed by atoms with Gasteiger partial charge in [0.15, 0.2) is 0 Å². The SMILES string of the molecule is CC(CC(CSC(N)=O)c1ccccc1)CN(C)C. The Morgan fingerprint density at radius 3 is 2.47 bits per heavy atom. The molecule has 106 valence electrons. The van der Waals surface area contributed by atoms with E-state index < -0.39 is 0 Å². The second kappa shape index (κ2) is 8.23. The standard InChI is InChI=1S/C15H24N2OS/c1-12(10-17(2)3)9-14(11-19-15(16)18)13-7-5-4-6-8-13/h4-8,12,14H,9-11H2,1-3H3,(H2,16,18). The van der Waals surface area contributed by atoms with Crippen LogP contribution in [0.15, 0.2) is 30.3 Å².